The van der Waals surface area contributed by atoms with Gasteiger partial charge in [0.15, 0.2) is 0 Å². The van der Waals surface area contributed by atoms with Crippen LogP contribution in [0.2, 0.25) is 0 Å². The Morgan fingerprint density at radius 2 is 2.35 bits per heavy atom. The Morgan fingerprint density at radius 3 is 3.15 bits per heavy atom. The van der Waals surface area contributed by atoms with Crippen molar-refractivity contribution in [1.82, 2.24) is 20.3 Å². The molecule has 5 heteroatoms. The monoisotopic (exact) mass is 271 g/mol. The molecule has 20 heavy (non-hydrogen) atoms. The number of nitriles is 1. The average Bonchev–Trinajstić information content (AvgIpc) is 2.94. The summed E-state index contributed by atoms with van der Waals surface area (Å²) in [5, 5.41) is 11.0. The van der Waals surface area contributed by atoms with Gasteiger partial charge in [0.25, 0.3) is 0 Å². The molecule has 0 amide bonds. The number of nitrogens with one attached hydrogen (secondary N) is 1. The zero-order valence-electron chi connectivity index (χ0n) is 11.9. The summed E-state index contributed by atoms with van der Waals surface area (Å²) in [5.74, 6) is 0. The molecule has 0 aliphatic carbocycles. The van der Waals surface area contributed by atoms with E-state index in [0.717, 1.165) is 31.9 Å². The molecule has 1 aromatic heterocycles. The number of nitrogens with zero attached hydrogens (tertiary/aromatic N) is 4. The largest absolute Gasteiger partial charge is 0.357 e. The molecule has 2 heterocycles. The van der Waals surface area contributed by atoms with Gasteiger partial charge in [-0.05, 0) is 18.6 Å². The third-order valence-corrected chi connectivity index (χ3v) is 3.24. The van der Waals surface area contributed by atoms with Crippen molar-refractivity contribution in [3.63, 3.8) is 0 Å². The first kappa shape index (κ1) is 14.4. The van der Waals surface area contributed by atoms with E-state index < -0.39 is 0 Å². The molecule has 0 saturated carbocycles. The van der Waals surface area contributed by atoms with Crippen molar-refractivity contribution < 1.29 is 0 Å². The lowest BCUT2D eigenvalue weighted by molar-refractivity contribution is 0.205. The molecule has 1 aliphatic heterocycles. The second kappa shape index (κ2) is 7.51. The Morgan fingerprint density at radius 1 is 1.45 bits per heavy atom. The highest BCUT2D eigenvalue weighted by Crippen LogP contribution is 2.07. The number of hydrazine groups is 1. The van der Waals surface area contributed by atoms with Gasteiger partial charge in [-0.25, -0.2) is 5.43 Å². The number of unbranched alkanes of at least 4 members (excludes halogenated alkanes) is 1. The number of rotatable bonds is 7. The van der Waals surface area contributed by atoms with Gasteiger partial charge in [-0.15, -0.1) is 0 Å². The number of hydrogen-bond acceptors (Lipinski definition) is 5. The normalized spacial score (nSPS) is 13.8. The quantitative estimate of drug-likeness (QED) is 0.767. The van der Waals surface area contributed by atoms with Crippen LogP contribution in [0.4, 0.5) is 0 Å². The molecule has 0 saturated heterocycles. The SMILES string of the molecule is CCCCNN1C=CN(CCc2cc(C#N)ccn2)C1. The lowest BCUT2D eigenvalue weighted by Gasteiger charge is -2.21. The van der Waals surface area contributed by atoms with Crippen molar-refractivity contribution in [1.29, 1.82) is 5.26 Å². The van der Waals surface area contributed by atoms with E-state index in [1.54, 1.807) is 12.3 Å². The predicted octanol–water partition coefficient (Wildman–Crippen LogP) is 1.85. The van der Waals surface area contributed by atoms with Crippen LogP contribution in [0.5, 0.6) is 0 Å². The summed E-state index contributed by atoms with van der Waals surface area (Å²) in [5.41, 5.74) is 5.02. The molecule has 1 aromatic rings. The van der Waals surface area contributed by atoms with Crippen molar-refractivity contribution >= 4 is 0 Å². The summed E-state index contributed by atoms with van der Waals surface area (Å²) in [6.45, 7) is 4.97. The van der Waals surface area contributed by atoms with E-state index in [0.29, 0.717) is 5.56 Å². The van der Waals surface area contributed by atoms with Crippen molar-refractivity contribution in [2.45, 2.75) is 26.2 Å². The fraction of sp³-hybridized carbons (Fsp3) is 0.467. The first-order valence-electron chi connectivity index (χ1n) is 7.09. The fourth-order valence-electron chi connectivity index (χ4n) is 2.05. The Bertz CT molecular complexity index is 491. The number of pyridine rings is 1. The zero-order valence-corrected chi connectivity index (χ0v) is 11.9. The maximum absolute atomic E-state index is 8.86. The first-order chi connectivity index (χ1) is 9.81. The molecule has 2 rings (SSSR count). The summed E-state index contributed by atoms with van der Waals surface area (Å²) in [6, 6.07) is 5.74. The molecule has 0 fully saturated rings. The van der Waals surface area contributed by atoms with E-state index >= 15 is 0 Å². The maximum Gasteiger partial charge on any atom is 0.104 e. The minimum atomic E-state index is 0.676. The van der Waals surface area contributed by atoms with Gasteiger partial charge in [-0.3, -0.25) is 9.99 Å². The molecular formula is C15H21N5. The molecule has 0 spiro atoms. The highest BCUT2D eigenvalue weighted by Gasteiger charge is 2.11. The summed E-state index contributed by atoms with van der Waals surface area (Å²) < 4.78 is 0. The third kappa shape index (κ3) is 4.25. The van der Waals surface area contributed by atoms with Gasteiger partial charge in [0.2, 0.25) is 0 Å². The molecule has 0 unspecified atom stereocenters. The van der Waals surface area contributed by atoms with Gasteiger partial charge in [0, 0.05) is 43.8 Å². The summed E-state index contributed by atoms with van der Waals surface area (Å²) >= 11 is 0. The minimum absolute atomic E-state index is 0.676. The maximum atomic E-state index is 8.86. The van der Waals surface area contributed by atoms with Crippen molar-refractivity contribution in [3.05, 3.63) is 42.0 Å². The second-order valence-corrected chi connectivity index (χ2v) is 4.88. The van der Waals surface area contributed by atoms with Crippen LogP contribution in [-0.2, 0) is 6.42 Å². The van der Waals surface area contributed by atoms with Gasteiger partial charge < -0.3 is 4.90 Å². The lowest BCUT2D eigenvalue weighted by Crippen LogP contribution is -2.37. The first-order valence-corrected chi connectivity index (χ1v) is 7.09. The van der Waals surface area contributed by atoms with E-state index in [2.05, 4.69) is 45.7 Å². The van der Waals surface area contributed by atoms with Crippen LogP contribution >= 0.6 is 0 Å². The Balaban J connectivity index is 1.73. The highest BCUT2D eigenvalue weighted by molar-refractivity contribution is 5.28. The topological polar surface area (TPSA) is 55.2 Å². The van der Waals surface area contributed by atoms with Gasteiger partial charge in [-0.1, -0.05) is 13.3 Å². The van der Waals surface area contributed by atoms with Crippen LogP contribution in [0.1, 0.15) is 31.0 Å². The van der Waals surface area contributed by atoms with Crippen molar-refractivity contribution in [3.8, 4) is 6.07 Å². The van der Waals surface area contributed by atoms with E-state index in [-0.39, 0.29) is 0 Å². The molecular weight excluding hydrogens is 250 g/mol. The van der Waals surface area contributed by atoms with Crippen LogP contribution in [0.25, 0.3) is 0 Å². The third-order valence-electron chi connectivity index (χ3n) is 3.24. The second-order valence-electron chi connectivity index (χ2n) is 4.88. The van der Waals surface area contributed by atoms with E-state index in [9.17, 15) is 0 Å². The fourth-order valence-corrected chi connectivity index (χ4v) is 2.05. The Kier molecular flexibility index (Phi) is 5.39. The Hall–Kier alpha value is -2.06. The molecule has 0 bridgehead atoms. The van der Waals surface area contributed by atoms with Gasteiger partial charge in [0.1, 0.15) is 6.67 Å². The summed E-state index contributed by atoms with van der Waals surface area (Å²) in [6.07, 6.45) is 9.10. The van der Waals surface area contributed by atoms with Crippen LogP contribution in [0, 0.1) is 11.3 Å². The van der Waals surface area contributed by atoms with Crippen LogP contribution < -0.4 is 5.43 Å². The van der Waals surface area contributed by atoms with Gasteiger partial charge >= 0.3 is 0 Å². The zero-order chi connectivity index (χ0) is 14.2. The van der Waals surface area contributed by atoms with Gasteiger partial charge in [-0.2, -0.15) is 5.26 Å². The van der Waals surface area contributed by atoms with Crippen molar-refractivity contribution in [2.75, 3.05) is 19.8 Å². The molecule has 1 N–H and O–H groups in total. The lowest BCUT2D eigenvalue weighted by atomic mass is 10.2. The molecule has 5 nitrogen and oxygen atoms in total. The smallest absolute Gasteiger partial charge is 0.104 e. The van der Waals surface area contributed by atoms with Crippen LogP contribution in [0.15, 0.2) is 30.7 Å². The number of aromatic nitrogens is 1. The van der Waals surface area contributed by atoms with E-state index in [4.69, 9.17) is 5.26 Å². The predicted molar refractivity (Wildman–Crippen MR) is 78.1 cm³/mol. The van der Waals surface area contributed by atoms with Crippen molar-refractivity contribution in [2.24, 2.45) is 0 Å². The highest BCUT2D eigenvalue weighted by atomic mass is 15.6. The summed E-state index contributed by atoms with van der Waals surface area (Å²) in [4.78, 5) is 6.53. The molecule has 1 aliphatic rings. The van der Waals surface area contributed by atoms with E-state index in [1.165, 1.54) is 12.8 Å². The van der Waals surface area contributed by atoms with Gasteiger partial charge in [0.05, 0.1) is 11.6 Å². The molecule has 0 radical (unpaired) electrons. The van der Waals surface area contributed by atoms with Crippen LogP contribution in [-0.4, -0.2) is 34.7 Å². The standard InChI is InChI=1S/C15H21N5/c1-2-3-6-18-20-10-9-19(13-20)8-5-15-11-14(12-16)4-7-17-15/h4,7,9-11,18H,2-3,5-6,8,13H2,1H3. The molecule has 106 valence electrons. The minimum Gasteiger partial charge on any atom is -0.357 e. The number of hydrogen-bond donors (Lipinski definition) is 1. The van der Waals surface area contributed by atoms with Crippen LogP contribution in [0.3, 0.4) is 0 Å². The molecule has 0 atom stereocenters. The molecule has 0 aromatic carbocycles. The summed E-state index contributed by atoms with van der Waals surface area (Å²) in [7, 11) is 0. The van der Waals surface area contributed by atoms with E-state index in [1.807, 2.05) is 6.07 Å². The average molecular weight is 271 g/mol. The Labute approximate surface area is 120 Å².